The van der Waals surface area contributed by atoms with Gasteiger partial charge in [-0.05, 0) is 20.1 Å². The average molecular weight is 160 g/mol. The summed E-state index contributed by atoms with van der Waals surface area (Å²) in [6, 6.07) is 0. The maximum atomic E-state index is 4.15. The van der Waals surface area contributed by atoms with Crippen molar-refractivity contribution in [2.24, 2.45) is 4.99 Å². The van der Waals surface area contributed by atoms with Crippen LogP contribution in [-0.2, 0) is 0 Å². The van der Waals surface area contributed by atoms with Gasteiger partial charge in [-0.2, -0.15) is 0 Å². The van der Waals surface area contributed by atoms with Crippen molar-refractivity contribution in [2.75, 3.05) is 26.4 Å². The number of aliphatic imine (C=N–C) groups is 1. The first kappa shape index (κ1) is 9.82. The SMILES string of the molecule is CCN(CC)C(=NC)SC. The van der Waals surface area contributed by atoms with Crippen LogP contribution in [-0.4, -0.2) is 36.5 Å². The minimum Gasteiger partial charge on any atom is -0.352 e. The largest absolute Gasteiger partial charge is 0.352 e. The molecule has 0 aliphatic rings. The second kappa shape index (κ2) is 5.59. The van der Waals surface area contributed by atoms with Crippen molar-refractivity contribution in [1.82, 2.24) is 4.90 Å². The van der Waals surface area contributed by atoms with Crippen LogP contribution in [0.5, 0.6) is 0 Å². The van der Waals surface area contributed by atoms with Crippen LogP contribution < -0.4 is 0 Å². The molecule has 0 radical (unpaired) electrons. The second-order valence-electron chi connectivity index (χ2n) is 1.88. The van der Waals surface area contributed by atoms with Gasteiger partial charge in [-0.1, -0.05) is 11.8 Å². The van der Waals surface area contributed by atoms with Crippen molar-refractivity contribution >= 4 is 16.9 Å². The molecule has 0 aromatic rings. The van der Waals surface area contributed by atoms with Crippen molar-refractivity contribution in [1.29, 1.82) is 0 Å². The Morgan fingerprint density at radius 3 is 2.00 bits per heavy atom. The molecular weight excluding hydrogens is 144 g/mol. The van der Waals surface area contributed by atoms with E-state index in [9.17, 15) is 0 Å². The summed E-state index contributed by atoms with van der Waals surface area (Å²) in [5.41, 5.74) is 0. The Bertz CT molecular complexity index is 108. The Morgan fingerprint density at radius 2 is 1.90 bits per heavy atom. The monoisotopic (exact) mass is 160 g/mol. The lowest BCUT2D eigenvalue weighted by atomic mass is 10.6. The molecule has 2 nitrogen and oxygen atoms in total. The van der Waals surface area contributed by atoms with Crippen LogP contribution in [0.15, 0.2) is 4.99 Å². The van der Waals surface area contributed by atoms with Gasteiger partial charge in [0.25, 0.3) is 0 Å². The third-order valence-corrected chi connectivity index (χ3v) is 2.21. The van der Waals surface area contributed by atoms with Gasteiger partial charge in [0.1, 0.15) is 0 Å². The number of rotatable bonds is 2. The first-order valence-electron chi connectivity index (χ1n) is 3.55. The Hall–Kier alpha value is -0.180. The summed E-state index contributed by atoms with van der Waals surface area (Å²) < 4.78 is 0. The molecule has 0 aliphatic heterocycles. The maximum absolute atomic E-state index is 4.15. The molecule has 0 saturated heterocycles. The lowest BCUT2D eigenvalue weighted by Crippen LogP contribution is -2.27. The van der Waals surface area contributed by atoms with E-state index in [-0.39, 0.29) is 0 Å². The van der Waals surface area contributed by atoms with Crippen molar-refractivity contribution in [3.8, 4) is 0 Å². The van der Waals surface area contributed by atoms with Crippen LogP contribution in [0.1, 0.15) is 13.8 Å². The first-order valence-corrected chi connectivity index (χ1v) is 4.78. The maximum Gasteiger partial charge on any atom is 0.158 e. The molecule has 0 amide bonds. The second-order valence-corrected chi connectivity index (χ2v) is 2.66. The van der Waals surface area contributed by atoms with E-state index >= 15 is 0 Å². The lowest BCUT2D eigenvalue weighted by Gasteiger charge is -2.20. The lowest BCUT2D eigenvalue weighted by molar-refractivity contribution is 0.474. The van der Waals surface area contributed by atoms with Gasteiger partial charge < -0.3 is 4.90 Å². The summed E-state index contributed by atoms with van der Waals surface area (Å²) >= 11 is 1.70. The summed E-state index contributed by atoms with van der Waals surface area (Å²) in [7, 11) is 1.84. The molecule has 0 fully saturated rings. The Morgan fingerprint density at radius 1 is 1.40 bits per heavy atom. The fourth-order valence-corrected chi connectivity index (χ4v) is 1.55. The topological polar surface area (TPSA) is 15.6 Å². The molecule has 0 spiro atoms. The predicted molar refractivity (Wildman–Crippen MR) is 49.8 cm³/mol. The van der Waals surface area contributed by atoms with Crippen LogP contribution >= 0.6 is 11.8 Å². The number of hydrogen-bond donors (Lipinski definition) is 0. The Labute approximate surface area is 67.7 Å². The molecule has 0 unspecified atom stereocenters. The summed E-state index contributed by atoms with van der Waals surface area (Å²) in [5, 5.41) is 1.13. The van der Waals surface area contributed by atoms with Crippen molar-refractivity contribution in [2.45, 2.75) is 13.8 Å². The van der Waals surface area contributed by atoms with Gasteiger partial charge in [0.05, 0.1) is 0 Å². The highest BCUT2D eigenvalue weighted by Crippen LogP contribution is 2.03. The van der Waals surface area contributed by atoms with Crippen molar-refractivity contribution in [3.63, 3.8) is 0 Å². The molecule has 0 aliphatic carbocycles. The minimum atomic E-state index is 1.05. The fourth-order valence-electron chi connectivity index (χ4n) is 0.856. The minimum absolute atomic E-state index is 1.05. The van der Waals surface area contributed by atoms with Crippen LogP contribution in [0.2, 0.25) is 0 Å². The Kier molecular flexibility index (Phi) is 5.49. The van der Waals surface area contributed by atoms with Crippen LogP contribution in [0, 0.1) is 0 Å². The number of amidine groups is 1. The molecule has 0 saturated carbocycles. The summed E-state index contributed by atoms with van der Waals surface area (Å²) in [4.78, 5) is 6.39. The van der Waals surface area contributed by atoms with Gasteiger partial charge in [-0.15, -0.1) is 0 Å². The number of hydrogen-bond acceptors (Lipinski definition) is 2. The molecule has 10 heavy (non-hydrogen) atoms. The van der Waals surface area contributed by atoms with Crippen LogP contribution in [0.25, 0.3) is 0 Å². The van der Waals surface area contributed by atoms with E-state index in [1.54, 1.807) is 11.8 Å². The quantitative estimate of drug-likeness (QED) is 0.451. The van der Waals surface area contributed by atoms with Crippen LogP contribution in [0.4, 0.5) is 0 Å². The highest BCUT2D eigenvalue weighted by Gasteiger charge is 2.02. The molecule has 0 N–H and O–H groups in total. The zero-order valence-electron chi connectivity index (χ0n) is 7.22. The molecule has 0 atom stereocenters. The molecular formula is C7H16N2S. The van der Waals surface area contributed by atoms with E-state index in [0.717, 1.165) is 18.3 Å². The van der Waals surface area contributed by atoms with Gasteiger partial charge in [0, 0.05) is 20.1 Å². The first-order chi connectivity index (χ1) is 4.79. The average Bonchev–Trinajstić information content (AvgIpc) is 2.00. The van der Waals surface area contributed by atoms with Crippen molar-refractivity contribution < 1.29 is 0 Å². The normalized spacial score (nSPS) is 11.8. The zero-order valence-corrected chi connectivity index (χ0v) is 8.03. The highest BCUT2D eigenvalue weighted by molar-refractivity contribution is 8.13. The zero-order chi connectivity index (χ0) is 7.98. The molecule has 3 heteroatoms. The van der Waals surface area contributed by atoms with Gasteiger partial charge in [-0.25, -0.2) is 0 Å². The van der Waals surface area contributed by atoms with Gasteiger partial charge in [0.15, 0.2) is 5.17 Å². The van der Waals surface area contributed by atoms with E-state index in [0.29, 0.717) is 0 Å². The van der Waals surface area contributed by atoms with E-state index in [4.69, 9.17) is 0 Å². The third kappa shape index (κ3) is 2.60. The summed E-state index contributed by atoms with van der Waals surface area (Å²) in [5.74, 6) is 0. The fraction of sp³-hybridized carbons (Fsp3) is 0.857. The highest BCUT2D eigenvalue weighted by atomic mass is 32.2. The van der Waals surface area contributed by atoms with E-state index in [1.165, 1.54) is 0 Å². The number of nitrogens with zero attached hydrogens (tertiary/aromatic N) is 2. The third-order valence-electron chi connectivity index (χ3n) is 1.41. The molecule has 0 aromatic carbocycles. The van der Waals surface area contributed by atoms with E-state index in [1.807, 2.05) is 7.05 Å². The molecule has 0 heterocycles. The summed E-state index contributed by atoms with van der Waals surface area (Å²) in [6.07, 6.45) is 2.06. The Balaban J connectivity index is 3.97. The summed E-state index contributed by atoms with van der Waals surface area (Å²) in [6.45, 7) is 6.38. The smallest absolute Gasteiger partial charge is 0.158 e. The van der Waals surface area contributed by atoms with Gasteiger partial charge in [-0.3, -0.25) is 4.99 Å². The molecule has 0 bridgehead atoms. The molecule has 0 aromatic heterocycles. The standard InChI is InChI=1S/C7H16N2S/c1-5-9(6-2)7(8-3)10-4/h5-6H2,1-4H3. The van der Waals surface area contributed by atoms with Gasteiger partial charge in [0.2, 0.25) is 0 Å². The van der Waals surface area contributed by atoms with Crippen LogP contribution in [0.3, 0.4) is 0 Å². The molecule has 0 rings (SSSR count). The van der Waals surface area contributed by atoms with Crippen molar-refractivity contribution in [3.05, 3.63) is 0 Å². The number of thioether (sulfide) groups is 1. The van der Waals surface area contributed by atoms with Gasteiger partial charge >= 0.3 is 0 Å². The van der Waals surface area contributed by atoms with E-state index in [2.05, 4.69) is 30.0 Å². The molecule has 60 valence electrons. The predicted octanol–water partition coefficient (Wildman–Crippen LogP) is 1.68. The van der Waals surface area contributed by atoms with E-state index < -0.39 is 0 Å².